The SMILES string of the molecule is CC1(Nc2nccc3occc23)CC1. The third-order valence-electron chi connectivity index (χ3n) is 2.80. The van der Waals surface area contributed by atoms with Gasteiger partial charge in [0.05, 0.1) is 11.6 Å². The molecule has 1 saturated carbocycles. The van der Waals surface area contributed by atoms with Gasteiger partial charge in [0.25, 0.3) is 0 Å². The molecule has 0 spiro atoms. The lowest BCUT2D eigenvalue weighted by Gasteiger charge is -2.12. The molecule has 14 heavy (non-hydrogen) atoms. The number of hydrogen-bond donors (Lipinski definition) is 1. The third kappa shape index (κ3) is 1.16. The lowest BCUT2D eigenvalue weighted by atomic mass is 10.2. The van der Waals surface area contributed by atoms with Gasteiger partial charge in [-0.2, -0.15) is 0 Å². The van der Waals surface area contributed by atoms with Crippen molar-refractivity contribution in [3.63, 3.8) is 0 Å². The van der Waals surface area contributed by atoms with Crippen molar-refractivity contribution in [2.45, 2.75) is 25.3 Å². The molecule has 1 aliphatic rings. The molecule has 1 aliphatic carbocycles. The molecule has 0 radical (unpaired) electrons. The predicted octanol–water partition coefficient (Wildman–Crippen LogP) is 2.79. The topological polar surface area (TPSA) is 38.1 Å². The summed E-state index contributed by atoms with van der Waals surface area (Å²) in [6.45, 7) is 2.22. The van der Waals surface area contributed by atoms with E-state index < -0.39 is 0 Å². The number of fused-ring (bicyclic) bond motifs is 1. The van der Waals surface area contributed by atoms with Gasteiger partial charge in [-0.05, 0) is 31.9 Å². The second-order valence-electron chi connectivity index (χ2n) is 4.18. The second kappa shape index (κ2) is 2.50. The molecule has 0 unspecified atom stereocenters. The molecule has 0 bridgehead atoms. The van der Waals surface area contributed by atoms with Crippen LogP contribution in [0.15, 0.2) is 29.0 Å². The van der Waals surface area contributed by atoms with Crippen LogP contribution in [0.25, 0.3) is 11.0 Å². The van der Waals surface area contributed by atoms with Crippen LogP contribution in [-0.4, -0.2) is 10.5 Å². The van der Waals surface area contributed by atoms with Gasteiger partial charge in [-0.1, -0.05) is 0 Å². The first-order chi connectivity index (χ1) is 6.77. The van der Waals surface area contributed by atoms with Gasteiger partial charge in [0.2, 0.25) is 0 Å². The fourth-order valence-corrected chi connectivity index (χ4v) is 1.59. The van der Waals surface area contributed by atoms with Crippen molar-refractivity contribution >= 4 is 16.8 Å². The van der Waals surface area contributed by atoms with E-state index >= 15 is 0 Å². The summed E-state index contributed by atoms with van der Waals surface area (Å²) >= 11 is 0. The highest BCUT2D eigenvalue weighted by Gasteiger charge is 2.37. The molecule has 0 saturated heterocycles. The van der Waals surface area contributed by atoms with E-state index in [0.29, 0.717) is 0 Å². The van der Waals surface area contributed by atoms with Crippen molar-refractivity contribution in [1.29, 1.82) is 0 Å². The molecule has 0 amide bonds. The Balaban J connectivity index is 2.06. The van der Waals surface area contributed by atoms with Crippen molar-refractivity contribution in [3.05, 3.63) is 24.6 Å². The van der Waals surface area contributed by atoms with Crippen molar-refractivity contribution < 1.29 is 4.42 Å². The fraction of sp³-hybridized carbons (Fsp3) is 0.364. The van der Waals surface area contributed by atoms with Crippen LogP contribution in [0, 0.1) is 0 Å². The Hall–Kier alpha value is -1.51. The zero-order chi connectivity index (χ0) is 9.60. The lowest BCUT2D eigenvalue weighted by Crippen LogP contribution is -2.16. The highest BCUT2D eigenvalue weighted by molar-refractivity contribution is 5.88. The first kappa shape index (κ1) is 7.85. The Bertz CT molecular complexity index is 471. The molecule has 1 fully saturated rings. The van der Waals surface area contributed by atoms with Gasteiger partial charge in [0.15, 0.2) is 0 Å². The molecule has 3 heteroatoms. The Labute approximate surface area is 82.1 Å². The van der Waals surface area contributed by atoms with Gasteiger partial charge in [0.1, 0.15) is 11.4 Å². The molecule has 2 aromatic rings. The van der Waals surface area contributed by atoms with E-state index in [4.69, 9.17) is 4.42 Å². The maximum Gasteiger partial charge on any atom is 0.139 e. The number of hydrogen-bond acceptors (Lipinski definition) is 3. The highest BCUT2D eigenvalue weighted by atomic mass is 16.3. The van der Waals surface area contributed by atoms with Gasteiger partial charge in [-0.15, -0.1) is 0 Å². The highest BCUT2D eigenvalue weighted by Crippen LogP contribution is 2.39. The average Bonchev–Trinajstić information content (AvgIpc) is 2.73. The minimum atomic E-state index is 0.262. The maximum absolute atomic E-state index is 5.31. The summed E-state index contributed by atoms with van der Waals surface area (Å²) in [5, 5.41) is 4.52. The predicted molar refractivity (Wildman–Crippen MR) is 55.3 cm³/mol. The van der Waals surface area contributed by atoms with Gasteiger partial charge in [-0.25, -0.2) is 4.98 Å². The van der Waals surface area contributed by atoms with Gasteiger partial charge in [-0.3, -0.25) is 0 Å². The monoisotopic (exact) mass is 188 g/mol. The summed E-state index contributed by atoms with van der Waals surface area (Å²) in [6, 6.07) is 3.84. The Morgan fingerprint density at radius 3 is 3.07 bits per heavy atom. The molecule has 0 aromatic carbocycles. The second-order valence-corrected chi connectivity index (χ2v) is 4.18. The van der Waals surface area contributed by atoms with Crippen LogP contribution >= 0.6 is 0 Å². The lowest BCUT2D eigenvalue weighted by molar-refractivity contribution is 0.615. The fourth-order valence-electron chi connectivity index (χ4n) is 1.59. The number of anilines is 1. The molecule has 1 N–H and O–H groups in total. The number of rotatable bonds is 2. The van der Waals surface area contributed by atoms with Crippen LogP contribution in [0.3, 0.4) is 0 Å². The van der Waals surface area contributed by atoms with E-state index in [1.54, 1.807) is 12.5 Å². The van der Waals surface area contributed by atoms with Gasteiger partial charge >= 0.3 is 0 Å². The van der Waals surface area contributed by atoms with E-state index in [1.807, 2.05) is 12.1 Å². The third-order valence-corrected chi connectivity index (χ3v) is 2.80. The van der Waals surface area contributed by atoms with E-state index in [2.05, 4.69) is 17.2 Å². The summed E-state index contributed by atoms with van der Waals surface area (Å²) in [7, 11) is 0. The normalized spacial score (nSPS) is 18.4. The zero-order valence-electron chi connectivity index (χ0n) is 8.08. The quantitative estimate of drug-likeness (QED) is 0.787. The van der Waals surface area contributed by atoms with E-state index in [-0.39, 0.29) is 5.54 Å². The van der Waals surface area contributed by atoms with E-state index in [9.17, 15) is 0 Å². The number of nitrogens with one attached hydrogen (secondary N) is 1. The molecule has 0 atom stereocenters. The number of pyridine rings is 1. The van der Waals surface area contributed by atoms with E-state index in [0.717, 1.165) is 16.8 Å². The molecular weight excluding hydrogens is 176 g/mol. The number of furan rings is 1. The number of nitrogens with zero attached hydrogens (tertiary/aromatic N) is 1. The van der Waals surface area contributed by atoms with E-state index in [1.165, 1.54) is 12.8 Å². The standard InChI is InChI=1S/C11H12N2O/c1-11(4-5-11)13-10-8-3-7-14-9(8)2-6-12-10/h2-3,6-7H,4-5H2,1H3,(H,12,13). The molecule has 72 valence electrons. The van der Waals surface area contributed by atoms with Crippen molar-refractivity contribution in [1.82, 2.24) is 4.98 Å². The summed E-state index contributed by atoms with van der Waals surface area (Å²) in [5.74, 6) is 0.941. The largest absolute Gasteiger partial charge is 0.464 e. The van der Waals surface area contributed by atoms with Crippen molar-refractivity contribution in [2.24, 2.45) is 0 Å². The number of aromatic nitrogens is 1. The Morgan fingerprint density at radius 2 is 2.29 bits per heavy atom. The molecule has 3 rings (SSSR count). The Kier molecular flexibility index (Phi) is 1.40. The molecule has 2 aromatic heterocycles. The molecule has 0 aliphatic heterocycles. The van der Waals surface area contributed by atoms with Crippen LogP contribution in [0.5, 0.6) is 0 Å². The van der Waals surface area contributed by atoms with Crippen LogP contribution in [0.1, 0.15) is 19.8 Å². The summed E-state index contributed by atoms with van der Waals surface area (Å²) in [5.41, 5.74) is 1.16. The van der Waals surface area contributed by atoms with Crippen LogP contribution < -0.4 is 5.32 Å². The summed E-state index contributed by atoms with van der Waals surface area (Å²) < 4.78 is 5.31. The summed E-state index contributed by atoms with van der Waals surface area (Å²) in [4.78, 5) is 4.33. The average molecular weight is 188 g/mol. The van der Waals surface area contributed by atoms with Crippen molar-refractivity contribution in [3.8, 4) is 0 Å². The minimum Gasteiger partial charge on any atom is -0.464 e. The molecule has 2 heterocycles. The van der Waals surface area contributed by atoms with Crippen molar-refractivity contribution in [2.75, 3.05) is 5.32 Å². The molecular formula is C11H12N2O. The molecule has 3 nitrogen and oxygen atoms in total. The summed E-state index contributed by atoms with van der Waals surface area (Å²) in [6.07, 6.45) is 5.93. The smallest absolute Gasteiger partial charge is 0.139 e. The maximum atomic E-state index is 5.31. The minimum absolute atomic E-state index is 0.262. The first-order valence-corrected chi connectivity index (χ1v) is 4.87. The van der Waals surface area contributed by atoms with Crippen LogP contribution in [0.4, 0.5) is 5.82 Å². The van der Waals surface area contributed by atoms with Gasteiger partial charge in [0, 0.05) is 11.7 Å². The zero-order valence-corrected chi connectivity index (χ0v) is 8.08. The Morgan fingerprint density at radius 1 is 1.43 bits per heavy atom. The van der Waals surface area contributed by atoms with Gasteiger partial charge < -0.3 is 9.73 Å². The first-order valence-electron chi connectivity index (χ1n) is 4.87. The van der Waals surface area contributed by atoms with Crippen LogP contribution in [0.2, 0.25) is 0 Å². The van der Waals surface area contributed by atoms with Crippen LogP contribution in [-0.2, 0) is 0 Å².